The van der Waals surface area contributed by atoms with Gasteiger partial charge in [0.05, 0.1) is 13.2 Å². The van der Waals surface area contributed by atoms with Crippen molar-refractivity contribution in [2.45, 2.75) is 44.4 Å². The summed E-state index contributed by atoms with van der Waals surface area (Å²) in [7, 11) is 0. The fourth-order valence-corrected chi connectivity index (χ4v) is 4.42. The van der Waals surface area contributed by atoms with E-state index in [-0.39, 0.29) is 17.7 Å². The van der Waals surface area contributed by atoms with Crippen LogP contribution in [0.2, 0.25) is 0 Å². The number of amides is 2. The standard InChI is InChI=1S/C26H34N6O3/c33-24(19-4-1-5-19)28-11-3-10-27-23-22(18-8-9-18)17-29-26(31-23)30-21-7-2-6-20(16-21)25(34)32-12-14-35-15-13-32/h2,6-7,16-19H,1,3-5,8-15H2,(H,28,33)(H2,27,29,30,31). The lowest BCUT2D eigenvalue weighted by Crippen LogP contribution is -2.40. The predicted molar refractivity (Wildman–Crippen MR) is 134 cm³/mol. The molecular weight excluding hydrogens is 444 g/mol. The van der Waals surface area contributed by atoms with E-state index in [0.29, 0.717) is 50.3 Å². The number of rotatable bonds is 10. The Hall–Kier alpha value is -3.20. The third kappa shape index (κ3) is 6.08. The molecule has 1 saturated heterocycles. The van der Waals surface area contributed by atoms with Gasteiger partial charge >= 0.3 is 0 Å². The van der Waals surface area contributed by atoms with Crippen LogP contribution in [-0.2, 0) is 9.53 Å². The van der Waals surface area contributed by atoms with Gasteiger partial charge in [0.15, 0.2) is 0 Å². The third-order valence-electron chi connectivity index (χ3n) is 6.92. The number of aromatic nitrogens is 2. The maximum Gasteiger partial charge on any atom is 0.254 e. The number of morpholine rings is 1. The number of ether oxygens (including phenoxy) is 1. The van der Waals surface area contributed by atoms with Gasteiger partial charge in [-0.3, -0.25) is 9.59 Å². The van der Waals surface area contributed by atoms with Gasteiger partial charge < -0.3 is 25.6 Å². The Morgan fingerprint density at radius 2 is 1.91 bits per heavy atom. The minimum Gasteiger partial charge on any atom is -0.378 e. The van der Waals surface area contributed by atoms with Crippen LogP contribution in [0.1, 0.15) is 60.4 Å². The molecule has 2 aliphatic carbocycles. The molecule has 1 aromatic carbocycles. The third-order valence-corrected chi connectivity index (χ3v) is 6.92. The number of anilines is 3. The van der Waals surface area contributed by atoms with Gasteiger partial charge in [0.1, 0.15) is 5.82 Å². The van der Waals surface area contributed by atoms with Crippen LogP contribution in [0, 0.1) is 5.92 Å². The Bertz CT molecular complexity index is 1050. The maximum atomic E-state index is 12.8. The molecule has 2 saturated carbocycles. The highest BCUT2D eigenvalue weighted by molar-refractivity contribution is 5.95. The van der Waals surface area contributed by atoms with Gasteiger partial charge in [-0.2, -0.15) is 4.98 Å². The molecule has 9 nitrogen and oxygen atoms in total. The van der Waals surface area contributed by atoms with E-state index in [1.54, 1.807) is 0 Å². The fourth-order valence-electron chi connectivity index (χ4n) is 4.42. The summed E-state index contributed by atoms with van der Waals surface area (Å²) in [6.07, 6.45) is 8.27. The molecule has 0 unspecified atom stereocenters. The number of nitrogens with one attached hydrogen (secondary N) is 3. The van der Waals surface area contributed by atoms with E-state index >= 15 is 0 Å². The molecule has 0 atom stereocenters. The van der Waals surface area contributed by atoms with Gasteiger partial charge in [0.2, 0.25) is 11.9 Å². The molecular formula is C26H34N6O3. The van der Waals surface area contributed by atoms with Gasteiger partial charge in [-0.05, 0) is 56.2 Å². The van der Waals surface area contributed by atoms with Crippen molar-refractivity contribution in [1.82, 2.24) is 20.2 Å². The molecule has 3 fully saturated rings. The van der Waals surface area contributed by atoms with E-state index in [1.807, 2.05) is 35.4 Å². The molecule has 9 heteroatoms. The molecule has 0 spiro atoms. The second-order valence-electron chi connectivity index (χ2n) is 9.58. The molecule has 2 amide bonds. The summed E-state index contributed by atoms with van der Waals surface area (Å²) in [4.78, 5) is 35.9. The first-order chi connectivity index (χ1) is 17.2. The second kappa shape index (κ2) is 11.0. The topological polar surface area (TPSA) is 108 Å². The number of hydrogen-bond donors (Lipinski definition) is 3. The Balaban J connectivity index is 1.19. The Kier molecular flexibility index (Phi) is 7.42. The average molecular weight is 479 g/mol. The Morgan fingerprint density at radius 3 is 2.66 bits per heavy atom. The van der Waals surface area contributed by atoms with Crippen molar-refractivity contribution in [2.75, 3.05) is 50.0 Å². The number of carbonyl (C=O) groups excluding carboxylic acids is 2. The van der Waals surface area contributed by atoms with Crippen molar-refractivity contribution in [3.05, 3.63) is 41.6 Å². The van der Waals surface area contributed by atoms with E-state index in [4.69, 9.17) is 9.72 Å². The van der Waals surface area contributed by atoms with Gasteiger partial charge in [0.25, 0.3) is 5.91 Å². The van der Waals surface area contributed by atoms with Gasteiger partial charge in [-0.25, -0.2) is 4.98 Å². The molecule has 5 rings (SSSR count). The number of carbonyl (C=O) groups is 2. The normalized spacial score (nSPS) is 18.0. The van der Waals surface area contributed by atoms with E-state index in [0.717, 1.165) is 55.7 Å². The highest BCUT2D eigenvalue weighted by Gasteiger charge is 2.28. The van der Waals surface area contributed by atoms with Crippen molar-refractivity contribution in [3.8, 4) is 0 Å². The van der Waals surface area contributed by atoms with Crippen molar-refractivity contribution in [3.63, 3.8) is 0 Å². The van der Waals surface area contributed by atoms with Gasteiger partial charge in [-0.15, -0.1) is 0 Å². The quantitative estimate of drug-likeness (QED) is 0.450. The van der Waals surface area contributed by atoms with E-state index in [2.05, 4.69) is 20.9 Å². The molecule has 2 aromatic rings. The van der Waals surface area contributed by atoms with Crippen molar-refractivity contribution in [1.29, 1.82) is 0 Å². The summed E-state index contributed by atoms with van der Waals surface area (Å²) in [5, 5.41) is 9.75. The fraction of sp³-hybridized carbons (Fsp3) is 0.538. The summed E-state index contributed by atoms with van der Waals surface area (Å²) in [6, 6.07) is 7.45. The summed E-state index contributed by atoms with van der Waals surface area (Å²) in [5.74, 6) is 2.27. The lowest BCUT2D eigenvalue weighted by molar-refractivity contribution is -0.127. The van der Waals surface area contributed by atoms with E-state index < -0.39 is 0 Å². The number of benzene rings is 1. The van der Waals surface area contributed by atoms with Crippen LogP contribution in [-0.4, -0.2) is 66.1 Å². The van der Waals surface area contributed by atoms with Crippen molar-refractivity contribution in [2.24, 2.45) is 5.92 Å². The average Bonchev–Trinajstić information content (AvgIpc) is 3.69. The van der Waals surface area contributed by atoms with Gasteiger partial charge in [-0.1, -0.05) is 12.5 Å². The number of nitrogens with zero attached hydrogens (tertiary/aromatic N) is 3. The molecule has 0 radical (unpaired) electrons. The summed E-state index contributed by atoms with van der Waals surface area (Å²) in [6.45, 7) is 3.77. The largest absolute Gasteiger partial charge is 0.378 e. The Morgan fingerprint density at radius 1 is 1.09 bits per heavy atom. The number of hydrogen-bond acceptors (Lipinski definition) is 7. The summed E-state index contributed by atoms with van der Waals surface area (Å²) in [5.41, 5.74) is 2.55. The summed E-state index contributed by atoms with van der Waals surface area (Å²) >= 11 is 0. The highest BCUT2D eigenvalue weighted by Crippen LogP contribution is 2.42. The van der Waals surface area contributed by atoms with Crippen molar-refractivity contribution >= 4 is 29.3 Å². The smallest absolute Gasteiger partial charge is 0.254 e. The minimum atomic E-state index is 0.00806. The minimum absolute atomic E-state index is 0.00806. The van der Waals surface area contributed by atoms with Crippen LogP contribution < -0.4 is 16.0 Å². The SMILES string of the molecule is O=C(NCCCNc1nc(Nc2cccc(C(=O)N3CCOCC3)c2)ncc1C1CC1)C1CCC1. The monoisotopic (exact) mass is 478 g/mol. The molecule has 3 aliphatic rings. The molecule has 186 valence electrons. The van der Waals surface area contributed by atoms with Crippen LogP contribution in [0.3, 0.4) is 0 Å². The molecule has 3 N–H and O–H groups in total. The van der Waals surface area contributed by atoms with E-state index in [1.165, 1.54) is 6.42 Å². The van der Waals surface area contributed by atoms with E-state index in [9.17, 15) is 9.59 Å². The summed E-state index contributed by atoms with van der Waals surface area (Å²) < 4.78 is 5.35. The predicted octanol–water partition coefficient (Wildman–Crippen LogP) is 3.29. The first-order valence-electron chi connectivity index (χ1n) is 12.8. The van der Waals surface area contributed by atoms with Crippen LogP contribution in [0.5, 0.6) is 0 Å². The zero-order valence-corrected chi connectivity index (χ0v) is 20.1. The second-order valence-corrected chi connectivity index (χ2v) is 9.58. The zero-order chi connectivity index (χ0) is 24.0. The zero-order valence-electron chi connectivity index (χ0n) is 20.1. The molecule has 35 heavy (non-hydrogen) atoms. The van der Waals surface area contributed by atoms with Crippen LogP contribution in [0.15, 0.2) is 30.5 Å². The Labute approximate surface area is 206 Å². The lowest BCUT2D eigenvalue weighted by atomic mass is 9.85. The van der Waals surface area contributed by atoms with Crippen molar-refractivity contribution < 1.29 is 14.3 Å². The van der Waals surface area contributed by atoms with Crippen LogP contribution in [0.25, 0.3) is 0 Å². The molecule has 0 bridgehead atoms. The maximum absolute atomic E-state index is 12.8. The van der Waals surface area contributed by atoms with Crippen LogP contribution in [0.4, 0.5) is 17.5 Å². The highest BCUT2D eigenvalue weighted by atomic mass is 16.5. The molecule has 1 aliphatic heterocycles. The molecule has 2 heterocycles. The van der Waals surface area contributed by atoms with Gasteiger partial charge in [0, 0.05) is 55.1 Å². The van der Waals surface area contributed by atoms with Crippen LogP contribution >= 0.6 is 0 Å². The first-order valence-corrected chi connectivity index (χ1v) is 12.8. The molecule has 1 aromatic heterocycles. The first kappa shape index (κ1) is 23.5. The lowest BCUT2D eigenvalue weighted by Gasteiger charge is -2.27.